The number of aryl methyl sites for hydroxylation is 2. The van der Waals surface area contributed by atoms with E-state index in [4.69, 9.17) is 4.98 Å². The lowest BCUT2D eigenvalue weighted by Crippen LogP contribution is -2.23. The highest BCUT2D eigenvalue weighted by molar-refractivity contribution is 7.11. The molecule has 1 fully saturated rings. The van der Waals surface area contributed by atoms with E-state index in [2.05, 4.69) is 26.1 Å². The van der Waals surface area contributed by atoms with Crippen LogP contribution in [0.3, 0.4) is 0 Å². The second-order valence-corrected chi connectivity index (χ2v) is 5.91. The van der Waals surface area contributed by atoms with E-state index in [0.29, 0.717) is 6.04 Å². The van der Waals surface area contributed by atoms with Crippen LogP contribution in [0.5, 0.6) is 0 Å². The SMILES string of the molecule is CCCNC(c1nc(CC)c(C)s1)C1CC1. The van der Waals surface area contributed by atoms with Crippen LogP contribution in [0, 0.1) is 12.8 Å². The first-order valence-corrected chi connectivity index (χ1v) is 7.27. The summed E-state index contributed by atoms with van der Waals surface area (Å²) in [6, 6.07) is 0.531. The molecular weight excluding hydrogens is 216 g/mol. The molecule has 1 atom stereocenters. The molecule has 2 nitrogen and oxygen atoms in total. The number of hydrogen-bond donors (Lipinski definition) is 1. The molecule has 2 rings (SSSR count). The van der Waals surface area contributed by atoms with E-state index in [9.17, 15) is 0 Å². The molecule has 0 saturated heterocycles. The monoisotopic (exact) mass is 238 g/mol. The van der Waals surface area contributed by atoms with Crippen LogP contribution in [0.25, 0.3) is 0 Å². The summed E-state index contributed by atoms with van der Waals surface area (Å²) in [5.74, 6) is 0.849. The lowest BCUT2D eigenvalue weighted by molar-refractivity contribution is 0.478. The summed E-state index contributed by atoms with van der Waals surface area (Å²) < 4.78 is 0. The first-order chi connectivity index (χ1) is 7.76. The summed E-state index contributed by atoms with van der Waals surface area (Å²) in [4.78, 5) is 6.20. The normalized spacial score (nSPS) is 17.7. The van der Waals surface area contributed by atoms with Crippen LogP contribution in [0.4, 0.5) is 0 Å². The van der Waals surface area contributed by atoms with E-state index in [1.165, 1.54) is 34.8 Å². The summed E-state index contributed by atoms with van der Waals surface area (Å²) in [5.41, 5.74) is 1.30. The van der Waals surface area contributed by atoms with Gasteiger partial charge in [-0.15, -0.1) is 11.3 Å². The van der Waals surface area contributed by atoms with Crippen molar-refractivity contribution < 1.29 is 0 Å². The fourth-order valence-corrected chi connectivity index (χ4v) is 3.28. The van der Waals surface area contributed by atoms with E-state index in [-0.39, 0.29) is 0 Å². The third kappa shape index (κ3) is 2.64. The lowest BCUT2D eigenvalue weighted by atomic mass is 10.2. The summed E-state index contributed by atoms with van der Waals surface area (Å²) in [6.45, 7) is 7.73. The first kappa shape index (κ1) is 12.1. The lowest BCUT2D eigenvalue weighted by Gasteiger charge is -2.14. The van der Waals surface area contributed by atoms with Crippen molar-refractivity contribution in [2.24, 2.45) is 5.92 Å². The molecule has 1 N–H and O–H groups in total. The van der Waals surface area contributed by atoms with Crippen LogP contribution in [0.2, 0.25) is 0 Å². The molecule has 1 aromatic rings. The Morgan fingerprint density at radius 2 is 2.19 bits per heavy atom. The predicted molar refractivity (Wildman–Crippen MR) is 70.0 cm³/mol. The minimum absolute atomic E-state index is 0.531. The second kappa shape index (κ2) is 5.28. The Kier molecular flexibility index (Phi) is 3.98. The number of nitrogens with zero attached hydrogens (tertiary/aromatic N) is 1. The highest BCUT2D eigenvalue weighted by Crippen LogP contribution is 2.42. The Labute approximate surface area is 102 Å². The number of nitrogens with one attached hydrogen (secondary N) is 1. The van der Waals surface area contributed by atoms with E-state index in [1.807, 2.05) is 11.3 Å². The molecule has 1 heterocycles. The van der Waals surface area contributed by atoms with E-state index in [1.54, 1.807) is 0 Å². The van der Waals surface area contributed by atoms with Gasteiger partial charge < -0.3 is 5.32 Å². The van der Waals surface area contributed by atoms with Crippen molar-refractivity contribution in [1.29, 1.82) is 0 Å². The van der Waals surface area contributed by atoms with Crippen LogP contribution in [-0.2, 0) is 6.42 Å². The maximum absolute atomic E-state index is 4.80. The zero-order valence-electron chi connectivity index (χ0n) is 10.5. The maximum atomic E-state index is 4.80. The molecule has 0 aliphatic heterocycles. The van der Waals surface area contributed by atoms with Crippen molar-refractivity contribution >= 4 is 11.3 Å². The third-order valence-corrected chi connectivity index (χ3v) is 4.31. The number of aromatic nitrogens is 1. The molecule has 1 aromatic heterocycles. The predicted octanol–water partition coefficient (Wildman–Crippen LogP) is 3.46. The van der Waals surface area contributed by atoms with Gasteiger partial charge in [-0.05, 0) is 45.1 Å². The van der Waals surface area contributed by atoms with Crippen LogP contribution >= 0.6 is 11.3 Å². The molecular formula is C13H22N2S. The first-order valence-electron chi connectivity index (χ1n) is 6.45. The Hall–Kier alpha value is -0.410. The minimum Gasteiger partial charge on any atom is -0.308 e. The van der Waals surface area contributed by atoms with E-state index < -0.39 is 0 Å². The van der Waals surface area contributed by atoms with Crippen molar-refractivity contribution in [3.8, 4) is 0 Å². The quantitative estimate of drug-likeness (QED) is 0.821. The van der Waals surface area contributed by atoms with Gasteiger partial charge in [0, 0.05) is 4.88 Å². The van der Waals surface area contributed by atoms with Crippen molar-refractivity contribution in [3.63, 3.8) is 0 Å². The fourth-order valence-electron chi connectivity index (χ4n) is 2.10. The Balaban J connectivity index is 2.11. The third-order valence-electron chi connectivity index (χ3n) is 3.22. The number of thiazole rings is 1. The molecule has 16 heavy (non-hydrogen) atoms. The molecule has 0 spiro atoms. The summed E-state index contributed by atoms with van der Waals surface area (Å²) >= 11 is 1.89. The zero-order chi connectivity index (χ0) is 11.5. The average molecular weight is 238 g/mol. The largest absolute Gasteiger partial charge is 0.308 e. The number of rotatable bonds is 6. The van der Waals surface area contributed by atoms with Crippen molar-refractivity contribution in [2.75, 3.05) is 6.54 Å². The molecule has 90 valence electrons. The van der Waals surface area contributed by atoms with Gasteiger partial charge in [0.2, 0.25) is 0 Å². The Morgan fingerprint density at radius 3 is 2.69 bits per heavy atom. The van der Waals surface area contributed by atoms with Crippen LogP contribution < -0.4 is 5.32 Å². The van der Waals surface area contributed by atoms with Gasteiger partial charge in [-0.1, -0.05) is 13.8 Å². The molecule has 1 aliphatic rings. The summed E-state index contributed by atoms with van der Waals surface area (Å²) in [5, 5.41) is 4.98. The van der Waals surface area contributed by atoms with E-state index in [0.717, 1.165) is 18.9 Å². The average Bonchev–Trinajstić information content (AvgIpc) is 3.03. The topological polar surface area (TPSA) is 24.9 Å². The van der Waals surface area contributed by atoms with Gasteiger partial charge in [0.1, 0.15) is 5.01 Å². The van der Waals surface area contributed by atoms with Gasteiger partial charge in [0.15, 0.2) is 0 Å². The molecule has 0 amide bonds. The Morgan fingerprint density at radius 1 is 1.44 bits per heavy atom. The maximum Gasteiger partial charge on any atom is 0.110 e. The van der Waals surface area contributed by atoms with Gasteiger partial charge in [0.05, 0.1) is 11.7 Å². The molecule has 1 unspecified atom stereocenters. The van der Waals surface area contributed by atoms with Gasteiger partial charge >= 0.3 is 0 Å². The van der Waals surface area contributed by atoms with E-state index >= 15 is 0 Å². The van der Waals surface area contributed by atoms with Crippen LogP contribution in [-0.4, -0.2) is 11.5 Å². The van der Waals surface area contributed by atoms with Crippen LogP contribution in [0.15, 0.2) is 0 Å². The second-order valence-electron chi connectivity index (χ2n) is 4.68. The highest BCUT2D eigenvalue weighted by Gasteiger charge is 2.33. The van der Waals surface area contributed by atoms with Crippen molar-refractivity contribution in [1.82, 2.24) is 10.3 Å². The van der Waals surface area contributed by atoms with Gasteiger partial charge in [-0.3, -0.25) is 0 Å². The highest BCUT2D eigenvalue weighted by atomic mass is 32.1. The van der Waals surface area contributed by atoms with Gasteiger partial charge in [-0.25, -0.2) is 4.98 Å². The standard InChI is InChI=1S/C13H22N2S/c1-4-8-14-12(10-6-7-10)13-15-11(5-2)9(3)16-13/h10,12,14H,4-8H2,1-3H3. The van der Waals surface area contributed by atoms with Crippen molar-refractivity contribution in [3.05, 3.63) is 15.6 Å². The molecule has 0 aromatic carbocycles. The molecule has 1 aliphatic carbocycles. The summed E-state index contributed by atoms with van der Waals surface area (Å²) in [6.07, 6.45) is 5.02. The molecule has 3 heteroatoms. The summed E-state index contributed by atoms with van der Waals surface area (Å²) in [7, 11) is 0. The molecule has 1 saturated carbocycles. The van der Waals surface area contributed by atoms with Gasteiger partial charge in [0.25, 0.3) is 0 Å². The Bertz CT molecular complexity index is 342. The smallest absolute Gasteiger partial charge is 0.110 e. The minimum atomic E-state index is 0.531. The molecule has 0 bridgehead atoms. The number of hydrogen-bond acceptors (Lipinski definition) is 3. The van der Waals surface area contributed by atoms with Crippen molar-refractivity contribution in [2.45, 2.75) is 52.5 Å². The zero-order valence-corrected chi connectivity index (χ0v) is 11.4. The van der Waals surface area contributed by atoms with Gasteiger partial charge in [-0.2, -0.15) is 0 Å². The molecule has 0 radical (unpaired) electrons. The van der Waals surface area contributed by atoms with Crippen LogP contribution in [0.1, 0.15) is 54.7 Å². The fraction of sp³-hybridized carbons (Fsp3) is 0.769.